The molecule has 0 spiro atoms. The molecule has 0 saturated carbocycles. The van der Waals surface area contributed by atoms with E-state index >= 15 is 0 Å². The zero-order chi connectivity index (χ0) is 31.2. The Bertz CT molecular complexity index is 2330. The SMILES string of the molecule is c1ccc(N(c2ccccc2)c2cc3c(c(N(c4ccccc4)c4ccc5oc6ccccc6c5c4)c2)Oc2ccccc2O3)cc1. The summed E-state index contributed by atoms with van der Waals surface area (Å²) in [5.74, 6) is 2.60. The van der Waals surface area contributed by atoms with Crippen LogP contribution in [0.15, 0.2) is 174 Å². The predicted molar refractivity (Wildman–Crippen MR) is 190 cm³/mol. The standard InChI is InChI=1S/C42H28N2O3/c1-4-14-29(15-5-1)43(30-16-6-2-7-17-30)33-27-36(42-41(28-33)46-39-22-12-13-23-40(39)47-42)44(31-18-8-3-9-19-31)32-24-25-38-35(26-32)34-20-10-11-21-37(34)45-38/h1-28H. The number of hydrogen-bond donors (Lipinski definition) is 0. The highest BCUT2D eigenvalue weighted by Gasteiger charge is 2.29. The fourth-order valence-corrected chi connectivity index (χ4v) is 6.35. The van der Waals surface area contributed by atoms with Crippen LogP contribution in [0.25, 0.3) is 21.9 Å². The summed E-state index contributed by atoms with van der Waals surface area (Å²) >= 11 is 0. The molecule has 2 heterocycles. The molecule has 5 nitrogen and oxygen atoms in total. The van der Waals surface area contributed by atoms with Crippen LogP contribution in [0.3, 0.4) is 0 Å². The van der Waals surface area contributed by atoms with Gasteiger partial charge in [0.2, 0.25) is 0 Å². The van der Waals surface area contributed by atoms with Crippen molar-refractivity contribution < 1.29 is 13.9 Å². The third-order valence-corrected chi connectivity index (χ3v) is 8.46. The van der Waals surface area contributed by atoms with Crippen molar-refractivity contribution in [2.24, 2.45) is 0 Å². The molecule has 1 aromatic heterocycles. The molecule has 0 saturated heterocycles. The van der Waals surface area contributed by atoms with E-state index in [0.717, 1.165) is 56.1 Å². The van der Waals surface area contributed by atoms with Gasteiger partial charge in [0.25, 0.3) is 0 Å². The second kappa shape index (κ2) is 11.2. The summed E-state index contributed by atoms with van der Waals surface area (Å²) in [6.45, 7) is 0. The van der Waals surface area contributed by atoms with Crippen molar-refractivity contribution in [3.63, 3.8) is 0 Å². The van der Waals surface area contributed by atoms with Crippen molar-refractivity contribution in [3.05, 3.63) is 170 Å². The highest BCUT2D eigenvalue weighted by Crippen LogP contribution is 2.55. The topological polar surface area (TPSA) is 38.1 Å². The van der Waals surface area contributed by atoms with Gasteiger partial charge in [-0.25, -0.2) is 0 Å². The van der Waals surface area contributed by atoms with Crippen LogP contribution in [0.5, 0.6) is 23.0 Å². The first-order chi connectivity index (χ1) is 23.3. The molecule has 0 N–H and O–H groups in total. The molecule has 5 heteroatoms. The van der Waals surface area contributed by atoms with Crippen molar-refractivity contribution in [1.29, 1.82) is 0 Å². The Morgan fingerprint density at radius 3 is 1.57 bits per heavy atom. The first kappa shape index (κ1) is 26.9. The fourth-order valence-electron chi connectivity index (χ4n) is 6.35. The maximum Gasteiger partial charge on any atom is 0.194 e. The van der Waals surface area contributed by atoms with Crippen molar-refractivity contribution >= 4 is 56.1 Å². The van der Waals surface area contributed by atoms with Gasteiger partial charge in [0.05, 0.1) is 11.4 Å². The van der Waals surface area contributed by atoms with E-state index in [1.807, 2.05) is 66.7 Å². The number of benzene rings is 7. The van der Waals surface area contributed by atoms with E-state index in [0.29, 0.717) is 23.0 Å². The van der Waals surface area contributed by atoms with E-state index in [9.17, 15) is 0 Å². The third-order valence-electron chi connectivity index (χ3n) is 8.46. The van der Waals surface area contributed by atoms with E-state index in [4.69, 9.17) is 13.9 Å². The molecular formula is C42H28N2O3. The van der Waals surface area contributed by atoms with Crippen molar-refractivity contribution in [2.75, 3.05) is 9.80 Å². The van der Waals surface area contributed by atoms with E-state index < -0.39 is 0 Å². The molecule has 0 aliphatic carbocycles. The summed E-state index contributed by atoms with van der Waals surface area (Å²) in [5.41, 5.74) is 7.46. The second-order valence-corrected chi connectivity index (χ2v) is 11.4. The molecule has 0 atom stereocenters. The lowest BCUT2D eigenvalue weighted by molar-refractivity contribution is 0.360. The molecule has 0 radical (unpaired) electrons. The Balaban J connectivity index is 1.32. The van der Waals surface area contributed by atoms with Crippen LogP contribution in [-0.4, -0.2) is 0 Å². The highest BCUT2D eigenvalue weighted by molar-refractivity contribution is 6.06. The van der Waals surface area contributed by atoms with Gasteiger partial charge in [-0.1, -0.05) is 84.9 Å². The van der Waals surface area contributed by atoms with Crippen LogP contribution in [0.1, 0.15) is 0 Å². The number of rotatable bonds is 6. The molecule has 1 aliphatic heterocycles. The van der Waals surface area contributed by atoms with Gasteiger partial charge in [0.15, 0.2) is 23.0 Å². The van der Waals surface area contributed by atoms with E-state index in [2.05, 4.69) is 113 Å². The molecule has 0 amide bonds. The molecule has 0 bridgehead atoms. The Kier molecular flexibility index (Phi) is 6.39. The lowest BCUT2D eigenvalue weighted by Gasteiger charge is -2.33. The minimum atomic E-state index is 0.629. The maximum atomic E-state index is 6.72. The van der Waals surface area contributed by atoms with Gasteiger partial charge in [-0.05, 0) is 78.9 Å². The van der Waals surface area contributed by atoms with E-state index in [1.54, 1.807) is 0 Å². The van der Waals surface area contributed by atoms with Gasteiger partial charge >= 0.3 is 0 Å². The molecule has 0 fully saturated rings. The zero-order valence-corrected chi connectivity index (χ0v) is 25.3. The molecule has 0 unspecified atom stereocenters. The predicted octanol–water partition coefficient (Wildman–Crippen LogP) is 12.4. The second-order valence-electron chi connectivity index (χ2n) is 11.4. The van der Waals surface area contributed by atoms with E-state index in [1.165, 1.54) is 0 Å². The van der Waals surface area contributed by atoms with Gasteiger partial charge in [0.1, 0.15) is 11.2 Å². The monoisotopic (exact) mass is 608 g/mol. The molecular weight excluding hydrogens is 580 g/mol. The summed E-state index contributed by atoms with van der Waals surface area (Å²) in [6.07, 6.45) is 0. The minimum Gasteiger partial charge on any atom is -0.456 e. The smallest absolute Gasteiger partial charge is 0.194 e. The van der Waals surface area contributed by atoms with Crippen LogP contribution in [0, 0.1) is 0 Å². The lowest BCUT2D eigenvalue weighted by Crippen LogP contribution is -2.15. The largest absolute Gasteiger partial charge is 0.456 e. The van der Waals surface area contributed by atoms with Crippen LogP contribution >= 0.6 is 0 Å². The quantitative estimate of drug-likeness (QED) is 0.188. The molecule has 47 heavy (non-hydrogen) atoms. The molecule has 1 aliphatic rings. The summed E-state index contributed by atoms with van der Waals surface area (Å²) in [6, 6.07) is 57.6. The Morgan fingerprint density at radius 1 is 0.340 bits per heavy atom. The third kappa shape index (κ3) is 4.73. The molecule has 8 aromatic rings. The number of anilines is 6. The maximum absolute atomic E-state index is 6.72. The number of hydrogen-bond acceptors (Lipinski definition) is 5. The average molecular weight is 609 g/mol. The molecule has 224 valence electrons. The average Bonchev–Trinajstić information content (AvgIpc) is 3.51. The number of fused-ring (bicyclic) bond motifs is 5. The zero-order valence-electron chi connectivity index (χ0n) is 25.3. The van der Waals surface area contributed by atoms with Gasteiger partial charge in [0, 0.05) is 39.6 Å². The normalized spacial score (nSPS) is 11.7. The first-order valence-corrected chi connectivity index (χ1v) is 15.6. The lowest BCUT2D eigenvalue weighted by atomic mass is 10.1. The number of nitrogens with zero attached hydrogens (tertiary/aromatic N) is 2. The van der Waals surface area contributed by atoms with E-state index in [-0.39, 0.29) is 0 Å². The minimum absolute atomic E-state index is 0.629. The number of furan rings is 1. The van der Waals surface area contributed by atoms with Gasteiger partial charge in [-0.15, -0.1) is 0 Å². The van der Waals surface area contributed by atoms with Gasteiger partial charge in [-0.3, -0.25) is 0 Å². The Labute approximate surface area is 272 Å². The summed E-state index contributed by atoms with van der Waals surface area (Å²) in [5, 5.41) is 2.11. The number of ether oxygens (including phenoxy) is 2. The van der Waals surface area contributed by atoms with Gasteiger partial charge < -0.3 is 23.7 Å². The number of para-hydroxylation sites is 6. The van der Waals surface area contributed by atoms with Crippen LogP contribution < -0.4 is 19.3 Å². The first-order valence-electron chi connectivity index (χ1n) is 15.6. The fraction of sp³-hybridized carbons (Fsp3) is 0. The molecule has 7 aromatic carbocycles. The van der Waals surface area contributed by atoms with Crippen molar-refractivity contribution in [1.82, 2.24) is 0 Å². The molecule has 9 rings (SSSR count). The summed E-state index contributed by atoms with van der Waals surface area (Å²) in [4.78, 5) is 4.47. The van der Waals surface area contributed by atoms with Crippen LogP contribution in [0.2, 0.25) is 0 Å². The van der Waals surface area contributed by atoms with Crippen molar-refractivity contribution in [3.8, 4) is 23.0 Å². The Morgan fingerprint density at radius 2 is 0.894 bits per heavy atom. The van der Waals surface area contributed by atoms with Crippen molar-refractivity contribution in [2.45, 2.75) is 0 Å². The summed E-state index contributed by atoms with van der Waals surface area (Å²) < 4.78 is 19.5. The van der Waals surface area contributed by atoms with Crippen LogP contribution in [0.4, 0.5) is 34.1 Å². The summed E-state index contributed by atoms with van der Waals surface area (Å²) in [7, 11) is 0. The van der Waals surface area contributed by atoms with Crippen LogP contribution in [-0.2, 0) is 0 Å². The van der Waals surface area contributed by atoms with Gasteiger partial charge in [-0.2, -0.15) is 0 Å². The Hall–Kier alpha value is -6.46. The highest BCUT2D eigenvalue weighted by atomic mass is 16.6.